The van der Waals surface area contributed by atoms with Crippen molar-refractivity contribution in [2.75, 3.05) is 5.32 Å². The molecule has 0 radical (unpaired) electrons. The number of nitrogens with one attached hydrogen (secondary N) is 1. The number of halogens is 1. The number of anilines is 1. The van der Waals surface area contributed by atoms with Crippen LogP contribution in [0, 0.1) is 19.7 Å². The van der Waals surface area contributed by atoms with Crippen molar-refractivity contribution in [2.24, 2.45) is 0 Å². The Bertz CT molecular complexity index is 798. The van der Waals surface area contributed by atoms with Crippen molar-refractivity contribution in [3.63, 3.8) is 0 Å². The van der Waals surface area contributed by atoms with Crippen LogP contribution in [-0.2, 0) is 10.2 Å². The predicted molar refractivity (Wildman–Crippen MR) is 107 cm³/mol. The molecule has 1 fully saturated rings. The Hall–Kier alpha value is -2.36. The summed E-state index contributed by atoms with van der Waals surface area (Å²) in [6.07, 6.45) is 3.69. The zero-order chi connectivity index (χ0) is 19.6. The van der Waals surface area contributed by atoms with Crippen LogP contribution in [0.25, 0.3) is 0 Å². The first-order chi connectivity index (χ1) is 12.8. The Balaban J connectivity index is 1.88. The molecule has 3 rings (SSSR count). The monoisotopic (exact) mass is 369 g/mol. The van der Waals surface area contributed by atoms with Crippen LogP contribution in [0.3, 0.4) is 0 Å². The SMILES string of the molecule is Cc1cc(NC(=O)C2(c3ccc(F)cc3)CCCC2)cc(C)c1OC(C)C. The first-order valence-corrected chi connectivity index (χ1v) is 9.67. The minimum atomic E-state index is -0.581. The summed E-state index contributed by atoms with van der Waals surface area (Å²) in [6, 6.07) is 10.3. The Morgan fingerprint density at radius 3 is 2.15 bits per heavy atom. The van der Waals surface area contributed by atoms with E-state index < -0.39 is 5.41 Å². The fourth-order valence-corrected chi connectivity index (χ4v) is 4.09. The average Bonchev–Trinajstić information content (AvgIpc) is 3.10. The maximum atomic E-state index is 13.4. The van der Waals surface area contributed by atoms with Crippen LogP contribution < -0.4 is 10.1 Å². The molecule has 0 saturated heterocycles. The van der Waals surface area contributed by atoms with Gasteiger partial charge in [0.05, 0.1) is 11.5 Å². The van der Waals surface area contributed by atoms with E-state index >= 15 is 0 Å². The Kier molecular flexibility index (Phi) is 5.54. The van der Waals surface area contributed by atoms with E-state index in [0.717, 1.165) is 53.8 Å². The number of amides is 1. The van der Waals surface area contributed by atoms with E-state index in [1.807, 2.05) is 39.8 Å². The molecule has 1 aliphatic rings. The summed E-state index contributed by atoms with van der Waals surface area (Å²) in [4.78, 5) is 13.3. The first kappa shape index (κ1) is 19.4. The van der Waals surface area contributed by atoms with Gasteiger partial charge in [0.25, 0.3) is 0 Å². The average molecular weight is 369 g/mol. The number of hydrogen-bond acceptors (Lipinski definition) is 2. The molecule has 144 valence electrons. The third-order valence-corrected chi connectivity index (χ3v) is 5.36. The lowest BCUT2D eigenvalue weighted by atomic mass is 9.78. The topological polar surface area (TPSA) is 38.3 Å². The van der Waals surface area contributed by atoms with Gasteiger partial charge in [-0.05, 0) is 81.5 Å². The van der Waals surface area contributed by atoms with Crippen molar-refractivity contribution in [2.45, 2.75) is 64.9 Å². The van der Waals surface area contributed by atoms with Gasteiger partial charge in [-0.25, -0.2) is 4.39 Å². The summed E-state index contributed by atoms with van der Waals surface area (Å²) >= 11 is 0. The zero-order valence-corrected chi connectivity index (χ0v) is 16.6. The third-order valence-electron chi connectivity index (χ3n) is 5.36. The Morgan fingerprint density at radius 2 is 1.63 bits per heavy atom. The van der Waals surface area contributed by atoms with E-state index in [9.17, 15) is 9.18 Å². The molecule has 27 heavy (non-hydrogen) atoms. The van der Waals surface area contributed by atoms with Crippen LogP contribution in [0.2, 0.25) is 0 Å². The van der Waals surface area contributed by atoms with Crippen molar-refractivity contribution in [3.8, 4) is 5.75 Å². The minimum Gasteiger partial charge on any atom is -0.490 e. The second-order valence-electron chi connectivity index (χ2n) is 7.86. The molecule has 2 aromatic rings. The van der Waals surface area contributed by atoms with Crippen LogP contribution in [0.5, 0.6) is 5.75 Å². The molecular formula is C23H28FNO2. The molecular weight excluding hydrogens is 341 g/mol. The zero-order valence-electron chi connectivity index (χ0n) is 16.6. The van der Waals surface area contributed by atoms with Gasteiger partial charge in [0.15, 0.2) is 0 Å². The highest BCUT2D eigenvalue weighted by atomic mass is 19.1. The molecule has 1 aliphatic carbocycles. The smallest absolute Gasteiger partial charge is 0.235 e. The summed E-state index contributed by atoms with van der Waals surface area (Å²) in [5.74, 6) is 0.583. The molecule has 0 heterocycles. The Morgan fingerprint density at radius 1 is 1.07 bits per heavy atom. The fourth-order valence-electron chi connectivity index (χ4n) is 4.09. The van der Waals surface area contributed by atoms with Gasteiger partial charge in [-0.15, -0.1) is 0 Å². The lowest BCUT2D eigenvalue weighted by Gasteiger charge is -2.28. The molecule has 0 unspecified atom stereocenters. The number of hydrogen-bond donors (Lipinski definition) is 1. The van der Waals surface area contributed by atoms with Crippen LogP contribution >= 0.6 is 0 Å². The summed E-state index contributed by atoms with van der Waals surface area (Å²) in [5, 5.41) is 3.11. The Labute approximate surface area is 160 Å². The molecule has 0 bridgehead atoms. The number of ether oxygens (including phenoxy) is 1. The quantitative estimate of drug-likeness (QED) is 0.736. The van der Waals surface area contributed by atoms with Gasteiger partial charge >= 0.3 is 0 Å². The van der Waals surface area contributed by atoms with E-state index in [2.05, 4.69) is 5.32 Å². The molecule has 0 spiro atoms. The highest BCUT2D eigenvalue weighted by Gasteiger charge is 2.42. The molecule has 1 N–H and O–H groups in total. The maximum Gasteiger partial charge on any atom is 0.235 e. The maximum absolute atomic E-state index is 13.4. The van der Waals surface area contributed by atoms with E-state index in [1.54, 1.807) is 12.1 Å². The first-order valence-electron chi connectivity index (χ1n) is 9.67. The van der Waals surface area contributed by atoms with Crippen LogP contribution in [0.15, 0.2) is 36.4 Å². The molecule has 4 heteroatoms. The van der Waals surface area contributed by atoms with Crippen molar-refractivity contribution in [1.82, 2.24) is 0 Å². The standard InChI is InChI=1S/C23H28FNO2/c1-15(2)27-21-16(3)13-20(14-17(21)4)25-22(26)23(11-5-6-12-23)18-7-9-19(24)10-8-18/h7-10,13-15H,5-6,11-12H2,1-4H3,(H,25,26). The summed E-state index contributed by atoms with van der Waals surface area (Å²) in [6.45, 7) is 7.99. The highest BCUT2D eigenvalue weighted by molar-refractivity contribution is 5.99. The highest BCUT2D eigenvalue weighted by Crippen LogP contribution is 2.42. The van der Waals surface area contributed by atoms with Gasteiger partial charge < -0.3 is 10.1 Å². The number of rotatable bonds is 5. The van der Waals surface area contributed by atoms with Gasteiger partial charge in [-0.3, -0.25) is 4.79 Å². The fraction of sp³-hybridized carbons (Fsp3) is 0.435. The van der Waals surface area contributed by atoms with Gasteiger partial charge in [0, 0.05) is 5.69 Å². The van der Waals surface area contributed by atoms with Gasteiger partial charge in [0.1, 0.15) is 11.6 Å². The molecule has 0 atom stereocenters. The molecule has 0 aliphatic heterocycles. The second kappa shape index (κ2) is 7.71. The van der Waals surface area contributed by atoms with Crippen molar-refractivity contribution >= 4 is 11.6 Å². The minimum absolute atomic E-state index is 0.0112. The number of carbonyl (C=O) groups excluding carboxylic acids is 1. The molecule has 3 nitrogen and oxygen atoms in total. The second-order valence-corrected chi connectivity index (χ2v) is 7.86. The number of carbonyl (C=O) groups is 1. The van der Waals surface area contributed by atoms with Gasteiger partial charge in [-0.1, -0.05) is 25.0 Å². The van der Waals surface area contributed by atoms with Crippen molar-refractivity contribution in [3.05, 3.63) is 58.9 Å². The van der Waals surface area contributed by atoms with E-state index in [4.69, 9.17) is 4.74 Å². The predicted octanol–water partition coefficient (Wildman–Crippen LogP) is 5.68. The largest absolute Gasteiger partial charge is 0.490 e. The lowest BCUT2D eigenvalue weighted by Crippen LogP contribution is -2.38. The third kappa shape index (κ3) is 4.00. The van der Waals surface area contributed by atoms with Crippen LogP contribution in [0.1, 0.15) is 56.2 Å². The van der Waals surface area contributed by atoms with Crippen LogP contribution in [0.4, 0.5) is 10.1 Å². The normalized spacial score (nSPS) is 15.8. The van der Waals surface area contributed by atoms with Crippen molar-refractivity contribution < 1.29 is 13.9 Å². The van der Waals surface area contributed by atoms with Crippen molar-refractivity contribution in [1.29, 1.82) is 0 Å². The summed E-state index contributed by atoms with van der Waals surface area (Å²) in [7, 11) is 0. The lowest BCUT2D eigenvalue weighted by molar-refractivity contribution is -0.121. The van der Waals surface area contributed by atoms with E-state index in [-0.39, 0.29) is 17.8 Å². The van der Waals surface area contributed by atoms with Crippen LogP contribution in [-0.4, -0.2) is 12.0 Å². The number of aryl methyl sites for hydroxylation is 2. The molecule has 0 aromatic heterocycles. The van der Waals surface area contributed by atoms with E-state index in [1.165, 1.54) is 12.1 Å². The van der Waals surface area contributed by atoms with E-state index in [0.29, 0.717) is 0 Å². The number of benzene rings is 2. The summed E-state index contributed by atoms with van der Waals surface area (Å²) in [5.41, 5.74) is 3.09. The molecule has 2 aromatic carbocycles. The van der Waals surface area contributed by atoms with Gasteiger partial charge in [-0.2, -0.15) is 0 Å². The van der Waals surface area contributed by atoms with Gasteiger partial charge in [0.2, 0.25) is 5.91 Å². The summed E-state index contributed by atoms with van der Waals surface area (Å²) < 4.78 is 19.2. The molecule has 1 saturated carbocycles. The molecule has 1 amide bonds.